The van der Waals surface area contributed by atoms with Crippen LogP contribution in [0.4, 0.5) is 0 Å². The van der Waals surface area contributed by atoms with Crippen molar-refractivity contribution < 1.29 is 24.4 Å². The lowest BCUT2D eigenvalue weighted by Gasteiger charge is -2.65. The molecule has 0 unspecified atom stereocenters. The molecule has 1 saturated heterocycles. The van der Waals surface area contributed by atoms with Crippen molar-refractivity contribution >= 4 is 0 Å². The van der Waals surface area contributed by atoms with Gasteiger partial charge in [0.1, 0.15) is 17.3 Å². The Morgan fingerprint density at radius 2 is 2.18 bits per heavy atom. The average molecular weight is 387 g/mol. The molecule has 0 amide bonds. The van der Waals surface area contributed by atoms with E-state index in [0.717, 1.165) is 31.4 Å². The maximum Gasteiger partial charge on any atom is 0.207 e. The summed E-state index contributed by atoms with van der Waals surface area (Å²) in [4.78, 5) is 12.8. The normalized spacial score (nSPS) is 40.2. The summed E-state index contributed by atoms with van der Waals surface area (Å²) < 4.78 is 13.3. The summed E-state index contributed by atoms with van der Waals surface area (Å²) in [6, 6.07) is 4.21. The molecule has 2 bridgehead atoms. The van der Waals surface area contributed by atoms with Gasteiger partial charge >= 0.3 is 0 Å². The maximum absolute atomic E-state index is 11.1. The second kappa shape index (κ2) is 5.95. The number of likely N-dealkylation sites (N-methyl/N-ethyl adjacent to an activating group) is 1. The highest BCUT2D eigenvalue weighted by molar-refractivity contribution is 5.66. The number of rotatable bonds is 5. The molecule has 0 saturated carbocycles. The highest BCUT2D eigenvalue weighted by atomic mass is 17.2. The first kappa shape index (κ1) is 18.4. The van der Waals surface area contributed by atoms with Crippen LogP contribution < -0.4 is 9.62 Å². The van der Waals surface area contributed by atoms with Crippen molar-refractivity contribution in [1.29, 1.82) is 0 Å². The second-order valence-electron chi connectivity index (χ2n) is 8.69. The highest BCUT2D eigenvalue weighted by Crippen LogP contribution is 2.68. The molecule has 1 aromatic carbocycles. The summed E-state index contributed by atoms with van der Waals surface area (Å²) in [6.07, 6.45) is 5.92. The Balaban J connectivity index is 1.83. The number of ether oxygens (including phenoxy) is 2. The summed E-state index contributed by atoms with van der Waals surface area (Å²) in [5.41, 5.74) is 0.523. The Labute approximate surface area is 165 Å². The highest BCUT2D eigenvalue weighted by Gasteiger charge is 2.77. The van der Waals surface area contributed by atoms with E-state index in [-0.39, 0.29) is 6.04 Å². The van der Waals surface area contributed by atoms with Crippen LogP contribution in [0.2, 0.25) is 0 Å². The molecule has 1 aromatic rings. The fourth-order valence-corrected chi connectivity index (χ4v) is 6.35. The van der Waals surface area contributed by atoms with Crippen LogP contribution in [0, 0.1) is 0 Å². The first-order valence-corrected chi connectivity index (χ1v) is 10.2. The topological polar surface area (TPSA) is 60.4 Å². The molecule has 2 aliphatic carbocycles. The van der Waals surface area contributed by atoms with E-state index in [1.54, 1.807) is 0 Å². The van der Waals surface area contributed by atoms with Crippen LogP contribution >= 0.6 is 0 Å². The Hall–Kier alpha value is -1.60. The molecule has 5 atom stereocenters. The van der Waals surface area contributed by atoms with Crippen LogP contribution in [0.5, 0.6) is 11.5 Å². The summed E-state index contributed by atoms with van der Waals surface area (Å²) in [5, 5.41) is 11.1. The van der Waals surface area contributed by atoms with Gasteiger partial charge in [-0.3, -0.25) is 4.90 Å². The smallest absolute Gasteiger partial charge is 0.207 e. The molecule has 2 aliphatic heterocycles. The molecule has 1 N–H and O–H groups in total. The van der Waals surface area contributed by atoms with E-state index in [4.69, 9.17) is 19.2 Å². The van der Waals surface area contributed by atoms with E-state index < -0.39 is 22.7 Å². The number of aliphatic hydroxyl groups is 1. The standard InChI is InChI=1S/C22H29NO5/c1-5-12-26-22-9-8-17(24)20(2)21(22)10-11-23(3)16(22)13-14-6-7-15(28-25-4)19(27-20)18(14)21/h6-9,16-17,24H,5,10-13H2,1-4H3/t16-,17+,20+,21+,22-/m1/s1. The predicted molar refractivity (Wildman–Crippen MR) is 104 cm³/mol. The molecule has 0 radical (unpaired) electrons. The second-order valence-corrected chi connectivity index (χ2v) is 8.69. The van der Waals surface area contributed by atoms with Crippen molar-refractivity contribution in [2.75, 3.05) is 27.3 Å². The van der Waals surface area contributed by atoms with Gasteiger partial charge in [0, 0.05) is 18.2 Å². The lowest BCUT2D eigenvalue weighted by atomic mass is 9.46. The third-order valence-corrected chi connectivity index (χ3v) is 7.55. The van der Waals surface area contributed by atoms with E-state index in [0.29, 0.717) is 18.1 Å². The number of hydrogen-bond donors (Lipinski definition) is 1. The molecule has 152 valence electrons. The van der Waals surface area contributed by atoms with Gasteiger partial charge in [0.25, 0.3) is 0 Å². The quantitative estimate of drug-likeness (QED) is 0.476. The van der Waals surface area contributed by atoms with Crippen molar-refractivity contribution in [3.05, 3.63) is 35.4 Å². The van der Waals surface area contributed by atoms with E-state index >= 15 is 0 Å². The number of piperidine rings is 1. The molecule has 28 heavy (non-hydrogen) atoms. The van der Waals surface area contributed by atoms with Crippen LogP contribution in [0.25, 0.3) is 0 Å². The van der Waals surface area contributed by atoms with Crippen molar-refractivity contribution in [1.82, 2.24) is 4.90 Å². The first-order valence-electron chi connectivity index (χ1n) is 10.2. The molecule has 4 aliphatic rings. The third kappa shape index (κ3) is 1.88. The molecule has 5 rings (SSSR count). The van der Waals surface area contributed by atoms with Crippen LogP contribution in [-0.4, -0.2) is 60.7 Å². The van der Waals surface area contributed by atoms with Crippen molar-refractivity contribution in [2.45, 2.75) is 61.9 Å². The van der Waals surface area contributed by atoms with Gasteiger partial charge in [0.05, 0.1) is 12.5 Å². The maximum atomic E-state index is 11.1. The summed E-state index contributed by atoms with van der Waals surface area (Å²) >= 11 is 0. The zero-order valence-corrected chi connectivity index (χ0v) is 17.0. The van der Waals surface area contributed by atoms with Crippen LogP contribution in [0.3, 0.4) is 0 Å². The third-order valence-electron chi connectivity index (χ3n) is 7.55. The van der Waals surface area contributed by atoms with E-state index in [9.17, 15) is 5.11 Å². The minimum Gasteiger partial charge on any atom is -0.479 e. The van der Waals surface area contributed by atoms with Crippen molar-refractivity contribution in [2.24, 2.45) is 0 Å². The number of nitrogens with zero attached hydrogens (tertiary/aromatic N) is 1. The van der Waals surface area contributed by atoms with E-state index in [1.165, 1.54) is 12.7 Å². The largest absolute Gasteiger partial charge is 0.479 e. The van der Waals surface area contributed by atoms with Gasteiger partial charge in [-0.2, -0.15) is 4.89 Å². The van der Waals surface area contributed by atoms with Crippen molar-refractivity contribution in [3.8, 4) is 11.5 Å². The van der Waals surface area contributed by atoms with Gasteiger partial charge in [-0.05, 0) is 51.4 Å². The number of benzene rings is 1. The van der Waals surface area contributed by atoms with Gasteiger partial charge in [-0.15, -0.1) is 0 Å². The molecule has 2 heterocycles. The summed E-state index contributed by atoms with van der Waals surface area (Å²) in [6.45, 7) is 5.75. The van der Waals surface area contributed by atoms with E-state index in [2.05, 4.69) is 31.0 Å². The molecule has 6 heteroatoms. The number of aliphatic hydroxyl groups excluding tert-OH is 1. The monoisotopic (exact) mass is 387 g/mol. The van der Waals surface area contributed by atoms with Gasteiger partial charge in [0.2, 0.25) is 5.75 Å². The fraction of sp³-hybridized carbons (Fsp3) is 0.636. The van der Waals surface area contributed by atoms with Crippen LogP contribution in [0.15, 0.2) is 24.3 Å². The molecule has 1 fully saturated rings. The Kier molecular flexibility index (Phi) is 3.92. The molecule has 0 aromatic heterocycles. The minimum atomic E-state index is -0.834. The summed E-state index contributed by atoms with van der Waals surface area (Å²) in [5.74, 6) is 1.25. The molecular formula is C22H29NO5. The number of hydrogen-bond acceptors (Lipinski definition) is 6. The van der Waals surface area contributed by atoms with E-state index in [1.807, 2.05) is 19.1 Å². The summed E-state index contributed by atoms with van der Waals surface area (Å²) in [7, 11) is 3.67. The van der Waals surface area contributed by atoms with Crippen LogP contribution in [-0.2, 0) is 21.5 Å². The van der Waals surface area contributed by atoms with Gasteiger partial charge in [-0.1, -0.05) is 25.1 Å². The first-order chi connectivity index (χ1) is 13.4. The average Bonchev–Trinajstić information content (AvgIpc) is 2.97. The molecule has 1 spiro atoms. The SMILES string of the molecule is CCCO[C@@]12C=C[C@H](O)[C@]3(C)Oc4c(OOC)ccc5c4[C@@]31CCN(C)[C@@H]2C5. The van der Waals surface area contributed by atoms with Gasteiger partial charge in [0.15, 0.2) is 5.75 Å². The Morgan fingerprint density at radius 1 is 1.36 bits per heavy atom. The zero-order chi connectivity index (χ0) is 19.7. The Bertz CT molecular complexity index is 840. The minimum absolute atomic E-state index is 0.187. The molecular weight excluding hydrogens is 358 g/mol. The van der Waals surface area contributed by atoms with Crippen molar-refractivity contribution in [3.63, 3.8) is 0 Å². The predicted octanol–water partition coefficient (Wildman–Crippen LogP) is 2.37. The van der Waals surface area contributed by atoms with Gasteiger partial charge in [-0.25, -0.2) is 0 Å². The van der Waals surface area contributed by atoms with Gasteiger partial charge < -0.3 is 19.5 Å². The number of likely N-dealkylation sites (tertiary alicyclic amines) is 1. The lowest BCUT2D eigenvalue weighted by Crippen LogP contribution is -2.79. The lowest BCUT2D eigenvalue weighted by molar-refractivity contribution is -0.211. The van der Waals surface area contributed by atoms with Crippen LogP contribution in [0.1, 0.15) is 37.8 Å². The Morgan fingerprint density at radius 3 is 2.93 bits per heavy atom. The zero-order valence-electron chi connectivity index (χ0n) is 17.0. The fourth-order valence-electron chi connectivity index (χ4n) is 6.35. The molecule has 6 nitrogen and oxygen atoms in total.